The fraction of sp³-hybridized carbons (Fsp3) is 0.625. The molecule has 0 amide bonds. The van der Waals surface area contributed by atoms with Crippen molar-refractivity contribution < 1.29 is 5.11 Å². The lowest BCUT2D eigenvalue weighted by molar-refractivity contribution is 0.233. The zero-order chi connectivity index (χ0) is 13.6. The first-order chi connectivity index (χ1) is 8.44. The molecule has 0 saturated heterocycles. The summed E-state index contributed by atoms with van der Waals surface area (Å²) < 4.78 is 0. The van der Waals surface area contributed by atoms with Crippen LogP contribution in [0.2, 0.25) is 0 Å². The second kappa shape index (κ2) is 6.91. The molecule has 1 aromatic rings. The van der Waals surface area contributed by atoms with Gasteiger partial charge < -0.3 is 10.4 Å². The van der Waals surface area contributed by atoms with Gasteiger partial charge in [0.15, 0.2) is 0 Å². The van der Waals surface area contributed by atoms with Crippen LogP contribution in [-0.2, 0) is 0 Å². The number of nitrogens with one attached hydrogen (secondary N) is 1. The Morgan fingerprint density at radius 1 is 1.33 bits per heavy atom. The third-order valence-corrected chi connectivity index (χ3v) is 3.44. The Bertz CT molecular complexity index is 360. The molecule has 102 valence electrons. The third-order valence-electron chi connectivity index (χ3n) is 3.44. The van der Waals surface area contributed by atoms with Crippen molar-refractivity contribution in [2.45, 2.75) is 46.6 Å². The normalized spacial score (nSPS) is 13.6. The summed E-state index contributed by atoms with van der Waals surface area (Å²) >= 11 is 0. The van der Waals surface area contributed by atoms with E-state index in [-0.39, 0.29) is 12.0 Å². The number of hydrogen-bond acceptors (Lipinski definition) is 2. The molecule has 0 bridgehead atoms. The maximum Gasteiger partial charge on any atom is 0.0431 e. The van der Waals surface area contributed by atoms with Crippen molar-refractivity contribution in [3.8, 4) is 0 Å². The highest BCUT2D eigenvalue weighted by Gasteiger charge is 2.18. The Morgan fingerprint density at radius 3 is 2.67 bits per heavy atom. The van der Waals surface area contributed by atoms with Crippen LogP contribution in [0.15, 0.2) is 24.3 Å². The van der Waals surface area contributed by atoms with Gasteiger partial charge in [-0.1, -0.05) is 43.7 Å². The van der Waals surface area contributed by atoms with Gasteiger partial charge in [0, 0.05) is 19.2 Å². The minimum Gasteiger partial charge on any atom is -0.396 e. The molecule has 0 aliphatic rings. The Labute approximate surface area is 111 Å². The molecular formula is C16H27NO. The first-order valence-corrected chi connectivity index (χ1v) is 6.85. The predicted molar refractivity (Wildman–Crippen MR) is 77.7 cm³/mol. The molecule has 0 heterocycles. The van der Waals surface area contributed by atoms with Crippen LogP contribution in [0.25, 0.3) is 0 Å². The molecule has 0 radical (unpaired) electrons. The van der Waals surface area contributed by atoms with E-state index in [0.29, 0.717) is 6.04 Å². The minimum atomic E-state index is 0.237. The largest absolute Gasteiger partial charge is 0.396 e. The summed E-state index contributed by atoms with van der Waals surface area (Å²) in [6.45, 7) is 10.1. The molecule has 2 heteroatoms. The van der Waals surface area contributed by atoms with Gasteiger partial charge in [-0.2, -0.15) is 0 Å². The first-order valence-electron chi connectivity index (χ1n) is 6.85. The monoisotopic (exact) mass is 249 g/mol. The second-order valence-corrected chi connectivity index (χ2v) is 6.01. The van der Waals surface area contributed by atoms with Crippen molar-refractivity contribution >= 4 is 0 Å². The van der Waals surface area contributed by atoms with E-state index in [4.69, 9.17) is 5.11 Å². The zero-order valence-corrected chi connectivity index (χ0v) is 12.2. The zero-order valence-electron chi connectivity index (χ0n) is 12.2. The van der Waals surface area contributed by atoms with E-state index in [0.717, 1.165) is 19.4 Å². The van der Waals surface area contributed by atoms with Crippen LogP contribution in [0, 0.1) is 12.3 Å². The first kappa shape index (κ1) is 15.2. The summed E-state index contributed by atoms with van der Waals surface area (Å²) in [6, 6.07) is 9.02. The van der Waals surface area contributed by atoms with E-state index >= 15 is 0 Å². The summed E-state index contributed by atoms with van der Waals surface area (Å²) in [6.07, 6.45) is 1.94. The van der Waals surface area contributed by atoms with Crippen LogP contribution < -0.4 is 5.32 Å². The summed E-state index contributed by atoms with van der Waals surface area (Å²) in [5.41, 5.74) is 2.88. The maximum atomic E-state index is 8.90. The van der Waals surface area contributed by atoms with Crippen LogP contribution in [0.1, 0.15) is 50.8 Å². The highest BCUT2D eigenvalue weighted by atomic mass is 16.2. The van der Waals surface area contributed by atoms with Gasteiger partial charge >= 0.3 is 0 Å². The Hall–Kier alpha value is -0.860. The van der Waals surface area contributed by atoms with E-state index in [2.05, 4.69) is 57.3 Å². The predicted octanol–water partition coefficient (Wildman–Crippen LogP) is 3.44. The van der Waals surface area contributed by atoms with Crippen LogP contribution in [-0.4, -0.2) is 18.3 Å². The quantitative estimate of drug-likeness (QED) is 0.776. The molecule has 0 aliphatic carbocycles. The molecule has 2 nitrogen and oxygen atoms in total. The second-order valence-electron chi connectivity index (χ2n) is 6.01. The number of aryl methyl sites for hydroxylation is 1. The average Bonchev–Trinajstić information content (AvgIpc) is 2.34. The summed E-state index contributed by atoms with van der Waals surface area (Å²) in [5.74, 6) is 0. The van der Waals surface area contributed by atoms with E-state index < -0.39 is 0 Å². The smallest absolute Gasteiger partial charge is 0.0431 e. The molecule has 0 saturated carbocycles. The fourth-order valence-corrected chi connectivity index (χ4v) is 2.13. The number of benzene rings is 1. The summed E-state index contributed by atoms with van der Waals surface area (Å²) in [7, 11) is 0. The SMILES string of the molecule is Cc1cccc(C(C)NCC(C)(C)CCCO)c1. The highest BCUT2D eigenvalue weighted by molar-refractivity contribution is 5.24. The third kappa shape index (κ3) is 5.19. The van der Waals surface area contributed by atoms with Crippen LogP contribution in [0.4, 0.5) is 0 Å². The standard InChI is InChI=1S/C16H27NO/c1-13-7-5-8-15(11-13)14(2)17-12-16(3,4)9-6-10-18/h5,7-8,11,14,17-18H,6,9-10,12H2,1-4H3. The van der Waals surface area contributed by atoms with Gasteiger partial charge in [0.05, 0.1) is 0 Å². The lowest BCUT2D eigenvalue weighted by Crippen LogP contribution is -2.31. The lowest BCUT2D eigenvalue weighted by atomic mass is 9.87. The van der Waals surface area contributed by atoms with Gasteiger partial charge in [-0.15, -0.1) is 0 Å². The molecule has 1 aromatic carbocycles. The maximum absolute atomic E-state index is 8.90. The van der Waals surface area contributed by atoms with Gasteiger partial charge in [0.2, 0.25) is 0 Å². The molecule has 1 atom stereocenters. The Balaban J connectivity index is 2.48. The average molecular weight is 249 g/mol. The minimum absolute atomic E-state index is 0.237. The highest BCUT2D eigenvalue weighted by Crippen LogP contribution is 2.23. The topological polar surface area (TPSA) is 32.3 Å². The molecule has 2 N–H and O–H groups in total. The van der Waals surface area contributed by atoms with Crippen molar-refractivity contribution in [3.05, 3.63) is 35.4 Å². The van der Waals surface area contributed by atoms with Gasteiger partial charge in [-0.3, -0.25) is 0 Å². The molecular weight excluding hydrogens is 222 g/mol. The van der Waals surface area contributed by atoms with Crippen molar-refractivity contribution in [2.24, 2.45) is 5.41 Å². The Kier molecular flexibility index (Phi) is 5.83. The van der Waals surface area contributed by atoms with E-state index in [1.165, 1.54) is 11.1 Å². The summed E-state index contributed by atoms with van der Waals surface area (Å²) in [5, 5.41) is 12.5. The van der Waals surface area contributed by atoms with Crippen molar-refractivity contribution in [1.29, 1.82) is 0 Å². The number of aliphatic hydroxyl groups is 1. The van der Waals surface area contributed by atoms with Crippen molar-refractivity contribution in [3.63, 3.8) is 0 Å². The van der Waals surface area contributed by atoms with Crippen LogP contribution in [0.3, 0.4) is 0 Å². The van der Waals surface area contributed by atoms with E-state index in [1.807, 2.05) is 0 Å². The molecule has 0 aliphatic heterocycles. The van der Waals surface area contributed by atoms with Crippen LogP contribution >= 0.6 is 0 Å². The van der Waals surface area contributed by atoms with E-state index in [1.54, 1.807) is 0 Å². The van der Waals surface area contributed by atoms with Gasteiger partial charge in [-0.05, 0) is 37.7 Å². The molecule has 0 fully saturated rings. The van der Waals surface area contributed by atoms with Gasteiger partial charge in [0.1, 0.15) is 0 Å². The van der Waals surface area contributed by atoms with E-state index in [9.17, 15) is 0 Å². The molecule has 1 unspecified atom stereocenters. The molecule has 0 spiro atoms. The number of aliphatic hydroxyl groups excluding tert-OH is 1. The molecule has 18 heavy (non-hydrogen) atoms. The van der Waals surface area contributed by atoms with Gasteiger partial charge in [-0.25, -0.2) is 0 Å². The van der Waals surface area contributed by atoms with Gasteiger partial charge in [0.25, 0.3) is 0 Å². The molecule has 1 rings (SSSR count). The number of hydrogen-bond donors (Lipinski definition) is 2. The van der Waals surface area contributed by atoms with Crippen molar-refractivity contribution in [2.75, 3.05) is 13.2 Å². The fourth-order valence-electron chi connectivity index (χ4n) is 2.13. The molecule has 0 aromatic heterocycles. The van der Waals surface area contributed by atoms with Crippen LogP contribution in [0.5, 0.6) is 0 Å². The van der Waals surface area contributed by atoms with Crippen molar-refractivity contribution in [1.82, 2.24) is 5.32 Å². The lowest BCUT2D eigenvalue weighted by Gasteiger charge is -2.27. The Morgan fingerprint density at radius 2 is 2.06 bits per heavy atom. The number of rotatable bonds is 7. The summed E-state index contributed by atoms with van der Waals surface area (Å²) in [4.78, 5) is 0.